The molecule has 1 aliphatic heterocycles. The third-order valence-corrected chi connectivity index (χ3v) is 4.64. The molecular formula is C17H26FNO. The van der Waals surface area contributed by atoms with Crippen molar-refractivity contribution in [2.24, 2.45) is 0 Å². The van der Waals surface area contributed by atoms with Gasteiger partial charge in [-0.1, -0.05) is 26.0 Å². The Balaban J connectivity index is 1.97. The molecule has 1 aromatic carbocycles. The van der Waals surface area contributed by atoms with Gasteiger partial charge in [-0.3, -0.25) is 0 Å². The number of hydrogen-bond acceptors (Lipinski definition) is 2. The smallest absolute Gasteiger partial charge is 0.123 e. The summed E-state index contributed by atoms with van der Waals surface area (Å²) in [4.78, 5) is 0. The van der Waals surface area contributed by atoms with E-state index in [4.69, 9.17) is 4.74 Å². The monoisotopic (exact) mass is 279 g/mol. The maximum absolute atomic E-state index is 13.0. The average Bonchev–Trinajstić information content (AvgIpc) is 2.48. The van der Waals surface area contributed by atoms with Gasteiger partial charge in [0.1, 0.15) is 5.82 Å². The molecule has 1 aliphatic rings. The molecule has 20 heavy (non-hydrogen) atoms. The van der Waals surface area contributed by atoms with Crippen LogP contribution in [0.4, 0.5) is 4.39 Å². The molecule has 2 atom stereocenters. The van der Waals surface area contributed by atoms with Crippen LogP contribution in [0.15, 0.2) is 24.3 Å². The van der Waals surface area contributed by atoms with Gasteiger partial charge >= 0.3 is 0 Å². The first-order valence-electron chi connectivity index (χ1n) is 7.74. The van der Waals surface area contributed by atoms with E-state index in [0.29, 0.717) is 6.04 Å². The lowest BCUT2D eigenvalue weighted by Crippen LogP contribution is -2.47. The molecule has 112 valence electrons. The van der Waals surface area contributed by atoms with Gasteiger partial charge in [0.05, 0.1) is 5.60 Å². The van der Waals surface area contributed by atoms with E-state index >= 15 is 0 Å². The van der Waals surface area contributed by atoms with E-state index in [2.05, 4.69) is 26.1 Å². The lowest BCUT2D eigenvalue weighted by molar-refractivity contribution is -0.0939. The van der Waals surface area contributed by atoms with Crippen LogP contribution in [0, 0.1) is 5.82 Å². The van der Waals surface area contributed by atoms with Crippen LogP contribution in [0.1, 0.15) is 58.1 Å². The summed E-state index contributed by atoms with van der Waals surface area (Å²) in [7, 11) is 0. The Morgan fingerprint density at radius 3 is 2.55 bits per heavy atom. The minimum Gasteiger partial charge on any atom is -0.375 e. The number of benzene rings is 1. The molecule has 1 fully saturated rings. The standard InChI is InChI=1S/C17H26FNO/c1-4-17(5-2)12-16(10-11-20-17)19-13(3)14-6-8-15(18)9-7-14/h6-9,13,16,19H,4-5,10-12H2,1-3H3. The Morgan fingerprint density at radius 1 is 1.30 bits per heavy atom. The fourth-order valence-electron chi connectivity index (χ4n) is 3.11. The molecule has 0 amide bonds. The van der Waals surface area contributed by atoms with Crippen LogP contribution in [-0.4, -0.2) is 18.2 Å². The van der Waals surface area contributed by atoms with E-state index in [9.17, 15) is 4.39 Å². The predicted molar refractivity (Wildman–Crippen MR) is 80.2 cm³/mol. The van der Waals surface area contributed by atoms with Gasteiger partial charge < -0.3 is 10.1 Å². The third kappa shape index (κ3) is 3.58. The highest BCUT2D eigenvalue weighted by atomic mass is 19.1. The van der Waals surface area contributed by atoms with Gasteiger partial charge in [0.2, 0.25) is 0 Å². The zero-order valence-corrected chi connectivity index (χ0v) is 12.8. The molecule has 0 spiro atoms. The van der Waals surface area contributed by atoms with E-state index in [0.717, 1.165) is 37.9 Å². The van der Waals surface area contributed by atoms with Crippen LogP contribution in [0.5, 0.6) is 0 Å². The van der Waals surface area contributed by atoms with Gasteiger partial charge in [0.15, 0.2) is 0 Å². The second-order valence-corrected chi connectivity index (χ2v) is 5.87. The largest absolute Gasteiger partial charge is 0.375 e. The summed E-state index contributed by atoms with van der Waals surface area (Å²) in [6, 6.07) is 7.49. The summed E-state index contributed by atoms with van der Waals surface area (Å²) < 4.78 is 19.0. The Labute approximate surface area is 121 Å². The van der Waals surface area contributed by atoms with Gasteiger partial charge in [-0.25, -0.2) is 4.39 Å². The van der Waals surface area contributed by atoms with Crippen molar-refractivity contribution in [1.82, 2.24) is 5.32 Å². The fraction of sp³-hybridized carbons (Fsp3) is 0.647. The molecular weight excluding hydrogens is 253 g/mol. The second kappa shape index (κ2) is 6.68. The van der Waals surface area contributed by atoms with Crippen molar-refractivity contribution in [3.05, 3.63) is 35.6 Å². The molecule has 0 aromatic heterocycles. The Kier molecular flexibility index (Phi) is 5.17. The van der Waals surface area contributed by atoms with E-state index in [-0.39, 0.29) is 17.5 Å². The van der Waals surface area contributed by atoms with E-state index < -0.39 is 0 Å². The van der Waals surface area contributed by atoms with Gasteiger partial charge in [0.25, 0.3) is 0 Å². The molecule has 0 aliphatic carbocycles. The van der Waals surface area contributed by atoms with Crippen molar-refractivity contribution < 1.29 is 9.13 Å². The molecule has 0 saturated carbocycles. The zero-order chi connectivity index (χ0) is 14.6. The Hall–Kier alpha value is -0.930. The maximum Gasteiger partial charge on any atom is 0.123 e. The Morgan fingerprint density at radius 2 is 1.95 bits per heavy atom. The number of hydrogen-bond donors (Lipinski definition) is 1. The highest BCUT2D eigenvalue weighted by Crippen LogP contribution is 2.32. The van der Waals surface area contributed by atoms with E-state index in [1.54, 1.807) is 0 Å². The van der Waals surface area contributed by atoms with Crippen LogP contribution < -0.4 is 5.32 Å². The molecule has 2 rings (SSSR count). The predicted octanol–water partition coefficient (Wildman–Crippen LogP) is 4.21. The number of rotatable bonds is 5. The highest BCUT2D eigenvalue weighted by molar-refractivity contribution is 5.19. The first-order valence-corrected chi connectivity index (χ1v) is 7.74. The summed E-state index contributed by atoms with van der Waals surface area (Å²) in [5, 5.41) is 3.68. The van der Waals surface area contributed by atoms with Crippen molar-refractivity contribution in [3.63, 3.8) is 0 Å². The van der Waals surface area contributed by atoms with Crippen LogP contribution >= 0.6 is 0 Å². The van der Waals surface area contributed by atoms with Gasteiger partial charge in [0, 0.05) is 18.7 Å². The molecule has 1 aromatic rings. The third-order valence-electron chi connectivity index (χ3n) is 4.64. The SMILES string of the molecule is CCC1(CC)CC(NC(C)c2ccc(F)cc2)CCO1. The van der Waals surface area contributed by atoms with Crippen molar-refractivity contribution >= 4 is 0 Å². The summed E-state index contributed by atoms with van der Waals surface area (Å²) in [6.45, 7) is 7.38. The molecule has 3 heteroatoms. The van der Waals surface area contributed by atoms with E-state index in [1.807, 2.05) is 12.1 Å². The van der Waals surface area contributed by atoms with E-state index in [1.165, 1.54) is 12.1 Å². The van der Waals surface area contributed by atoms with Crippen LogP contribution in [0.3, 0.4) is 0 Å². The van der Waals surface area contributed by atoms with Crippen molar-refractivity contribution in [2.75, 3.05) is 6.61 Å². The number of halogens is 1. The molecule has 2 nitrogen and oxygen atoms in total. The Bertz CT molecular complexity index is 414. The first kappa shape index (κ1) is 15.5. The quantitative estimate of drug-likeness (QED) is 0.871. The van der Waals surface area contributed by atoms with Gasteiger partial charge in [-0.05, 0) is 50.3 Å². The molecule has 1 heterocycles. The fourth-order valence-corrected chi connectivity index (χ4v) is 3.11. The summed E-state index contributed by atoms with van der Waals surface area (Å²) in [5.74, 6) is -0.178. The molecule has 0 radical (unpaired) electrons. The lowest BCUT2D eigenvalue weighted by atomic mass is 9.85. The molecule has 1 N–H and O–H groups in total. The van der Waals surface area contributed by atoms with Crippen molar-refractivity contribution in [1.29, 1.82) is 0 Å². The normalized spacial score (nSPS) is 23.5. The first-order chi connectivity index (χ1) is 9.58. The topological polar surface area (TPSA) is 21.3 Å². The number of nitrogens with one attached hydrogen (secondary N) is 1. The van der Waals surface area contributed by atoms with Gasteiger partial charge in [-0.15, -0.1) is 0 Å². The minimum absolute atomic E-state index is 0.0401. The highest BCUT2D eigenvalue weighted by Gasteiger charge is 2.34. The number of ether oxygens (including phenoxy) is 1. The van der Waals surface area contributed by atoms with Crippen LogP contribution in [-0.2, 0) is 4.74 Å². The second-order valence-electron chi connectivity index (χ2n) is 5.87. The van der Waals surface area contributed by atoms with Crippen molar-refractivity contribution in [2.45, 2.75) is 64.1 Å². The lowest BCUT2D eigenvalue weighted by Gasteiger charge is -2.41. The van der Waals surface area contributed by atoms with Gasteiger partial charge in [-0.2, -0.15) is 0 Å². The average molecular weight is 279 g/mol. The maximum atomic E-state index is 13.0. The molecule has 1 saturated heterocycles. The van der Waals surface area contributed by atoms with Crippen LogP contribution in [0.2, 0.25) is 0 Å². The molecule has 2 unspecified atom stereocenters. The minimum atomic E-state index is -0.178. The van der Waals surface area contributed by atoms with Crippen LogP contribution in [0.25, 0.3) is 0 Å². The summed E-state index contributed by atoms with van der Waals surface area (Å²) >= 11 is 0. The van der Waals surface area contributed by atoms with Crippen molar-refractivity contribution in [3.8, 4) is 0 Å². The summed E-state index contributed by atoms with van der Waals surface area (Å²) in [6.07, 6.45) is 4.23. The zero-order valence-electron chi connectivity index (χ0n) is 12.8. The summed E-state index contributed by atoms with van der Waals surface area (Å²) in [5.41, 5.74) is 1.18. The molecule has 0 bridgehead atoms.